The van der Waals surface area contributed by atoms with Gasteiger partial charge < -0.3 is 5.11 Å². The SMILES string of the molecule is CSc1ccc(-c2cnc(-c3ccc(CN4CC(C(=O)O)C4)cc3)s2)cc1. The summed E-state index contributed by atoms with van der Waals surface area (Å²) in [5, 5.41) is 9.97. The van der Waals surface area contributed by atoms with E-state index in [0.717, 1.165) is 17.1 Å². The number of rotatable bonds is 6. The Morgan fingerprint density at radius 3 is 2.44 bits per heavy atom. The Kier molecular flexibility index (Phi) is 5.29. The summed E-state index contributed by atoms with van der Waals surface area (Å²) >= 11 is 3.44. The molecule has 0 radical (unpaired) electrons. The summed E-state index contributed by atoms with van der Waals surface area (Å²) in [6.07, 6.45) is 4.02. The van der Waals surface area contributed by atoms with Gasteiger partial charge in [0.15, 0.2) is 0 Å². The zero-order chi connectivity index (χ0) is 18.8. The molecule has 0 bridgehead atoms. The molecule has 27 heavy (non-hydrogen) atoms. The van der Waals surface area contributed by atoms with Crippen molar-refractivity contribution < 1.29 is 9.90 Å². The maximum atomic E-state index is 10.9. The van der Waals surface area contributed by atoms with E-state index in [-0.39, 0.29) is 5.92 Å². The van der Waals surface area contributed by atoms with Gasteiger partial charge in [-0.25, -0.2) is 4.98 Å². The Morgan fingerprint density at radius 1 is 1.15 bits per heavy atom. The number of hydrogen-bond donors (Lipinski definition) is 1. The molecule has 0 unspecified atom stereocenters. The van der Waals surface area contributed by atoms with Crippen molar-refractivity contribution in [1.29, 1.82) is 0 Å². The van der Waals surface area contributed by atoms with Gasteiger partial charge in [-0.2, -0.15) is 0 Å². The lowest BCUT2D eigenvalue weighted by atomic mass is 9.99. The van der Waals surface area contributed by atoms with Gasteiger partial charge in [0.25, 0.3) is 0 Å². The smallest absolute Gasteiger partial charge is 0.309 e. The molecule has 1 aliphatic rings. The van der Waals surface area contributed by atoms with E-state index >= 15 is 0 Å². The molecule has 2 heterocycles. The van der Waals surface area contributed by atoms with Crippen LogP contribution in [0.5, 0.6) is 0 Å². The lowest BCUT2D eigenvalue weighted by molar-refractivity contribution is -0.147. The molecule has 0 aliphatic carbocycles. The van der Waals surface area contributed by atoms with Gasteiger partial charge in [-0.1, -0.05) is 36.4 Å². The summed E-state index contributed by atoms with van der Waals surface area (Å²) in [7, 11) is 0. The lowest BCUT2D eigenvalue weighted by Gasteiger charge is -2.36. The molecule has 0 atom stereocenters. The molecule has 1 aliphatic heterocycles. The van der Waals surface area contributed by atoms with Crippen molar-refractivity contribution in [2.75, 3.05) is 19.3 Å². The number of likely N-dealkylation sites (tertiary alicyclic amines) is 1. The van der Waals surface area contributed by atoms with Gasteiger partial charge in [0, 0.05) is 36.3 Å². The molecule has 4 nitrogen and oxygen atoms in total. The van der Waals surface area contributed by atoms with E-state index in [1.54, 1.807) is 23.1 Å². The molecule has 2 aromatic carbocycles. The molecule has 1 aromatic heterocycles. The Morgan fingerprint density at radius 2 is 1.81 bits per heavy atom. The molecular weight excluding hydrogens is 376 g/mol. The van der Waals surface area contributed by atoms with Crippen LogP contribution in [-0.2, 0) is 11.3 Å². The zero-order valence-corrected chi connectivity index (χ0v) is 16.6. The van der Waals surface area contributed by atoms with Crippen LogP contribution < -0.4 is 0 Å². The first-order valence-corrected chi connectivity index (χ1v) is 10.8. The second-order valence-corrected chi connectivity index (χ2v) is 8.59. The summed E-state index contributed by atoms with van der Waals surface area (Å²) in [5.74, 6) is -0.896. The Labute approximate surface area is 166 Å². The number of thiazole rings is 1. The largest absolute Gasteiger partial charge is 0.481 e. The van der Waals surface area contributed by atoms with Crippen molar-refractivity contribution in [2.24, 2.45) is 5.92 Å². The minimum Gasteiger partial charge on any atom is -0.481 e. The van der Waals surface area contributed by atoms with Crippen LogP contribution in [0.25, 0.3) is 21.0 Å². The van der Waals surface area contributed by atoms with Crippen LogP contribution in [0.3, 0.4) is 0 Å². The van der Waals surface area contributed by atoms with Crippen LogP contribution in [0, 0.1) is 5.92 Å². The van der Waals surface area contributed by atoms with E-state index in [2.05, 4.69) is 64.7 Å². The number of carbonyl (C=O) groups is 1. The first kappa shape index (κ1) is 18.2. The average Bonchev–Trinajstić information content (AvgIpc) is 3.15. The quantitative estimate of drug-likeness (QED) is 0.611. The predicted octanol–water partition coefficient (Wildman–Crippen LogP) is 4.72. The van der Waals surface area contributed by atoms with E-state index in [9.17, 15) is 4.79 Å². The predicted molar refractivity (Wildman–Crippen MR) is 111 cm³/mol. The van der Waals surface area contributed by atoms with E-state index in [1.165, 1.54) is 20.9 Å². The second-order valence-electron chi connectivity index (χ2n) is 6.68. The normalized spacial score (nSPS) is 14.9. The van der Waals surface area contributed by atoms with Gasteiger partial charge in [0.2, 0.25) is 0 Å². The number of benzene rings is 2. The van der Waals surface area contributed by atoms with Crippen molar-refractivity contribution in [3.63, 3.8) is 0 Å². The van der Waals surface area contributed by atoms with Crippen LogP contribution in [0.2, 0.25) is 0 Å². The molecule has 0 amide bonds. The molecule has 4 rings (SSSR count). The first-order valence-electron chi connectivity index (χ1n) is 8.77. The maximum absolute atomic E-state index is 10.9. The number of aliphatic carboxylic acids is 1. The summed E-state index contributed by atoms with van der Waals surface area (Å²) < 4.78 is 0. The summed E-state index contributed by atoms with van der Waals surface area (Å²) in [6, 6.07) is 17.0. The summed E-state index contributed by atoms with van der Waals surface area (Å²) in [6.45, 7) is 2.08. The standard InChI is InChI=1S/C21H20N2O2S2/c1-26-18-8-6-15(7-9-18)19-10-22-20(27-19)16-4-2-14(3-5-16)11-23-12-17(13-23)21(24)25/h2-10,17H,11-13H2,1H3,(H,24,25). The van der Waals surface area contributed by atoms with Crippen molar-refractivity contribution >= 4 is 29.1 Å². The van der Waals surface area contributed by atoms with Gasteiger partial charge in [0.1, 0.15) is 5.01 Å². The fourth-order valence-electron chi connectivity index (χ4n) is 3.16. The molecule has 6 heteroatoms. The number of aromatic nitrogens is 1. The van der Waals surface area contributed by atoms with Crippen molar-refractivity contribution in [2.45, 2.75) is 11.4 Å². The zero-order valence-electron chi connectivity index (χ0n) is 15.0. The van der Waals surface area contributed by atoms with E-state index in [4.69, 9.17) is 5.11 Å². The monoisotopic (exact) mass is 396 g/mol. The maximum Gasteiger partial charge on any atom is 0.309 e. The van der Waals surface area contributed by atoms with E-state index < -0.39 is 5.97 Å². The van der Waals surface area contributed by atoms with Gasteiger partial charge in [-0.3, -0.25) is 9.69 Å². The lowest BCUT2D eigenvalue weighted by Crippen LogP contribution is -2.49. The summed E-state index contributed by atoms with van der Waals surface area (Å²) in [4.78, 5) is 20.1. The highest BCUT2D eigenvalue weighted by Gasteiger charge is 2.32. The Balaban J connectivity index is 1.42. The van der Waals surface area contributed by atoms with Crippen LogP contribution >= 0.6 is 23.1 Å². The summed E-state index contributed by atoms with van der Waals surface area (Å²) in [5.41, 5.74) is 3.51. The highest BCUT2D eigenvalue weighted by Crippen LogP contribution is 2.33. The molecule has 0 saturated carbocycles. The molecule has 1 fully saturated rings. The van der Waals surface area contributed by atoms with Gasteiger partial charge in [0.05, 0.1) is 10.8 Å². The first-order chi connectivity index (χ1) is 13.1. The molecule has 138 valence electrons. The average molecular weight is 397 g/mol. The number of hydrogen-bond acceptors (Lipinski definition) is 5. The second kappa shape index (κ2) is 7.84. The van der Waals surface area contributed by atoms with Crippen LogP contribution in [0.4, 0.5) is 0 Å². The fraction of sp³-hybridized carbons (Fsp3) is 0.238. The van der Waals surface area contributed by atoms with Crippen LogP contribution in [0.15, 0.2) is 59.6 Å². The van der Waals surface area contributed by atoms with Crippen molar-refractivity contribution in [1.82, 2.24) is 9.88 Å². The number of carboxylic acid groups (broad SMARTS) is 1. The molecule has 3 aromatic rings. The number of carboxylic acids is 1. The van der Waals surface area contributed by atoms with Crippen molar-refractivity contribution in [3.8, 4) is 21.0 Å². The fourth-order valence-corrected chi connectivity index (χ4v) is 4.50. The van der Waals surface area contributed by atoms with E-state index in [0.29, 0.717) is 13.1 Å². The Hall–Kier alpha value is -2.15. The van der Waals surface area contributed by atoms with E-state index in [1.807, 2.05) is 6.20 Å². The Bertz CT molecular complexity index is 930. The third kappa shape index (κ3) is 4.08. The molecule has 1 saturated heterocycles. The van der Waals surface area contributed by atoms with Crippen molar-refractivity contribution in [3.05, 3.63) is 60.3 Å². The third-order valence-electron chi connectivity index (χ3n) is 4.79. The van der Waals surface area contributed by atoms with Gasteiger partial charge in [-0.05, 0) is 29.5 Å². The molecule has 0 spiro atoms. The minimum atomic E-state index is -0.690. The van der Waals surface area contributed by atoms with Crippen LogP contribution in [0.1, 0.15) is 5.56 Å². The minimum absolute atomic E-state index is 0.206. The number of nitrogens with zero attached hydrogens (tertiary/aromatic N) is 2. The van der Waals surface area contributed by atoms with Gasteiger partial charge >= 0.3 is 5.97 Å². The number of thioether (sulfide) groups is 1. The molecular formula is C21H20N2O2S2. The van der Waals surface area contributed by atoms with Crippen LogP contribution in [-0.4, -0.2) is 40.3 Å². The molecule has 1 N–H and O–H groups in total. The van der Waals surface area contributed by atoms with Gasteiger partial charge in [-0.15, -0.1) is 23.1 Å². The highest BCUT2D eigenvalue weighted by molar-refractivity contribution is 7.98. The third-order valence-corrected chi connectivity index (χ3v) is 6.63. The topological polar surface area (TPSA) is 53.4 Å². The highest BCUT2D eigenvalue weighted by atomic mass is 32.2.